The summed E-state index contributed by atoms with van der Waals surface area (Å²) < 4.78 is 10.3. The molecular formula is C14H23N5O3. The molecule has 1 aromatic rings. The lowest BCUT2D eigenvalue weighted by Gasteiger charge is -2.32. The molecule has 3 N–H and O–H groups in total. The van der Waals surface area contributed by atoms with Crippen molar-refractivity contribution in [2.24, 2.45) is 11.7 Å². The highest BCUT2D eigenvalue weighted by molar-refractivity contribution is 5.79. The van der Waals surface area contributed by atoms with Crippen molar-refractivity contribution in [2.45, 2.75) is 12.8 Å². The molecule has 1 aromatic heterocycles. The van der Waals surface area contributed by atoms with Crippen LogP contribution < -0.4 is 25.4 Å². The molecule has 0 spiro atoms. The van der Waals surface area contributed by atoms with Gasteiger partial charge in [0, 0.05) is 26.2 Å². The van der Waals surface area contributed by atoms with Crippen LogP contribution in [0, 0.1) is 5.92 Å². The average Bonchev–Trinajstić information content (AvgIpc) is 2.59. The molecule has 1 aliphatic heterocycles. The number of hydrogen-bond donors (Lipinski definition) is 2. The number of carbonyl (C=O) groups excluding carboxylic acids is 1. The van der Waals surface area contributed by atoms with Gasteiger partial charge in [0.2, 0.25) is 23.6 Å². The molecule has 22 heavy (non-hydrogen) atoms. The van der Waals surface area contributed by atoms with Crippen LogP contribution >= 0.6 is 0 Å². The van der Waals surface area contributed by atoms with Crippen LogP contribution in [0.4, 0.5) is 5.95 Å². The Morgan fingerprint density at radius 2 is 2.09 bits per heavy atom. The Balaban J connectivity index is 2.10. The Morgan fingerprint density at radius 3 is 2.68 bits per heavy atom. The molecule has 0 aromatic carbocycles. The van der Waals surface area contributed by atoms with Crippen LogP contribution in [0.1, 0.15) is 12.8 Å². The molecule has 0 radical (unpaired) electrons. The van der Waals surface area contributed by atoms with Gasteiger partial charge < -0.3 is 25.4 Å². The van der Waals surface area contributed by atoms with E-state index in [0.29, 0.717) is 37.3 Å². The van der Waals surface area contributed by atoms with E-state index in [4.69, 9.17) is 15.2 Å². The van der Waals surface area contributed by atoms with Crippen LogP contribution in [-0.4, -0.2) is 56.3 Å². The van der Waals surface area contributed by atoms with Crippen LogP contribution in [0.3, 0.4) is 0 Å². The topological polar surface area (TPSA) is 103 Å². The zero-order chi connectivity index (χ0) is 15.9. The van der Waals surface area contributed by atoms with Gasteiger partial charge in [-0.2, -0.15) is 9.97 Å². The van der Waals surface area contributed by atoms with Crippen LogP contribution in [0.15, 0.2) is 6.07 Å². The predicted octanol–water partition coefficient (Wildman–Crippen LogP) is -0.215. The minimum atomic E-state index is -0.0823. The van der Waals surface area contributed by atoms with Gasteiger partial charge in [-0.25, -0.2) is 0 Å². The highest BCUT2D eigenvalue weighted by Crippen LogP contribution is 2.24. The van der Waals surface area contributed by atoms with Gasteiger partial charge in [-0.15, -0.1) is 0 Å². The molecule has 1 fully saturated rings. The van der Waals surface area contributed by atoms with E-state index in [1.54, 1.807) is 20.3 Å². The fraction of sp³-hybridized carbons (Fsp3) is 0.643. The number of ether oxygens (including phenoxy) is 2. The molecule has 2 rings (SSSR count). The summed E-state index contributed by atoms with van der Waals surface area (Å²) in [5, 5.41) is 2.84. The summed E-state index contributed by atoms with van der Waals surface area (Å²) in [6.07, 6.45) is 1.76. The van der Waals surface area contributed by atoms with Crippen molar-refractivity contribution < 1.29 is 14.3 Å². The highest BCUT2D eigenvalue weighted by atomic mass is 16.5. The number of nitrogens with one attached hydrogen (secondary N) is 1. The first-order valence-electron chi connectivity index (χ1n) is 7.37. The minimum absolute atomic E-state index is 0.0324. The molecular weight excluding hydrogens is 286 g/mol. The van der Waals surface area contributed by atoms with E-state index < -0.39 is 0 Å². The van der Waals surface area contributed by atoms with E-state index in [9.17, 15) is 4.79 Å². The van der Waals surface area contributed by atoms with Gasteiger partial charge in [0.1, 0.15) is 0 Å². The van der Waals surface area contributed by atoms with E-state index in [-0.39, 0.29) is 11.8 Å². The second-order valence-corrected chi connectivity index (χ2v) is 5.12. The maximum atomic E-state index is 12.1. The molecule has 1 unspecified atom stereocenters. The Bertz CT molecular complexity index is 489. The number of rotatable bonds is 6. The van der Waals surface area contributed by atoms with Gasteiger partial charge in [-0.1, -0.05) is 0 Å². The number of methoxy groups -OCH3 is 2. The van der Waals surface area contributed by atoms with Gasteiger partial charge in [0.25, 0.3) is 0 Å². The molecule has 1 atom stereocenters. The number of nitrogens with zero attached hydrogens (tertiary/aromatic N) is 3. The summed E-state index contributed by atoms with van der Waals surface area (Å²) >= 11 is 0. The van der Waals surface area contributed by atoms with Crippen LogP contribution in [-0.2, 0) is 4.79 Å². The molecule has 1 amide bonds. The summed E-state index contributed by atoms with van der Waals surface area (Å²) in [5.74, 6) is 1.35. The summed E-state index contributed by atoms with van der Waals surface area (Å²) in [7, 11) is 3.09. The van der Waals surface area contributed by atoms with Gasteiger partial charge in [0.05, 0.1) is 26.2 Å². The first-order chi connectivity index (χ1) is 10.7. The Hall–Kier alpha value is -2.09. The van der Waals surface area contributed by atoms with Crippen LogP contribution in [0.2, 0.25) is 0 Å². The van der Waals surface area contributed by atoms with Crippen LogP contribution in [0.25, 0.3) is 0 Å². The number of piperidine rings is 1. The van der Waals surface area contributed by atoms with E-state index in [1.807, 2.05) is 4.90 Å². The van der Waals surface area contributed by atoms with E-state index >= 15 is 0 Å². The molecule has 1 aliphatic rings. The molecule has 8 nitrogen and oxygen atoms in total. The van der Waals surface area contributed by atoms with Crippen molar-refractivity contribution in [3.05, 3.63) is 6.07 Å². The fourth-order valence-electron chi connectivity index (χ4n) is 2.46. The summed E-state index contributed by atoms with van der Waals surface area (Å²) in [4.78, 5) is 22.8. The molecule has 0 aliphatic carbocycles. The third kappa shape index (κ3) is 3.97. The number of hydrogen-bond acceptors (Lipinski definition) is 7. The van der Waals surface area contributed by atoms with Crippen molar-refractivity contribution in [3.8, 4) is 11.8 Å². The molecule has 0 saturated carbocycles. The first kappa shape index (κ1) is 16.3. The Kier molecular flexibility index (Phi) is 5.76. The number of aromatic nitrogens is 2. The first-order valence-corrected chi connectivity index (χ1v) is 7.37. The maximum absolute atomic E-state index is 12.1. The van der Waals surface area contributed by atoms with Gasteiger partial charge in [-0.05, 0) is 12.8 Å². The van der Waals surface area contributed by atoms with Crippen molar-refractivity contribution in [2.75, 3.05) is 45.3 Å². The van der Waals surface area contributed by atoms with E-state index in [0.717, 1.165) is 19.4 Å². The molecule has 2 heterocycles. The quantitative estimate of drug-likeness (QED) is 0.749. The van der Waals surface area contributed by atoms with Gasteiger partial charge >= 0.3 is 0 Å². The fourth-order valence-corrected chi connectivity index (χ4v) is 2.46. The molecule has 0 bridgehead atoms. The lowest BCUT2D eigenvalue weighted by atomic mass is 9.97. The lowest BCUT2D eigenvalue weighted by molar-refractivity contribution is -0.125. The second kappa shape index (κ2) is 7.79. The number of anilines is 1. The monoisotopic (exact) mass is 309 g/mol. The zero-order valence-corrected chi connectivity index (χ0v) is 13.0. The number of carbonyl (C=O) groups is 1. The number of amides is 1. The van der Waals surface area contributed by atoms with Crippen LogP contribution in [0.5, 0.6) is 11.8 Å². The zero-order valence-electron chi connectivity index (χ0n) is 13.0. The average molecular weight is 309 g/mol. The summed E-state index contributed by atoms with van der Waals surface area (Å²) in [5.41, 5.74) is 5.42. The smallest absolute Gasteiger partial charge is 0.231 e. The van der Waals surface area contributed by atoms with Gasteiger partial charge in [-0.3, -0.25) is 4.79 Å². The summed E-state index contributed by atoms with van der Waals surface area (Å²) in [6, 6.07) is 1.62. The van der Waals surface area contributed by atoms with Crippen molar-refractivity contribution >= 4 is 11.9 Å². The Labute approximate surface area is 130 Å². The lowest BCUT2D eigenvalue weighted by Crippen LogP contribution is -2.44. The largest absolute Gasteiger partial charge is 0.481 e. The normalized spacial score (nSPS) is 18.0. The van der Waals surface area contributed by atoms with Gasteiger partial charge in [0.15, 0.2) is 0 Å². The molecule has 8 heteroatoms. The third-order valence-corrected chi connectivity index (χ3v) is 3.60. The number of nitrogens with two attached hydrogens (primary N) is 1. The summed E-state index contributed by atoms with van der Waals surface area (Å²) in [6.45, 7) is 2.32. The minimum Gasteiger partial charge on any atom is -0.481 e. The highest BCUT2D eigenvalue weighted by Gasteiger charge is 2.27. The Morgan fingerprint density at radius 1 is 1.41 bits per heavy atom. The predicted molar refractivity (Wildman–Crippen MR) is 82.1 cm³/mol. The SMILES string of the molecule is COc1cc(OC)nc(N2CCCC(C(=O)NCCN)C2)n1. The van der Waals surface area contributed by atoms with Crippen molar-refractivity contribution in [1.29, 1.82) is 0 Å². The van der Waals surface area contributed by atoms with Crippen molar-refractivity contribution in [3.63, 3.8) is 0 Å². The standard InChI is InChI=1S/C14H23N5O3/c1-21-11-8-12(22-2)18-14(17-11)19-7-3-4-10(9-19)13(20)16-6-5-15/h8,10H,3-7,9,15H2,1-2H3,(H,16,20). The maximum Gasteiger partial charge on any atom is 0.231 e. The van der Waals surface area contributed by atoms with Crippen molar-refractivity contribution in [1.82, 2.24) is 15.3 Å². The van der Waals surface area contributed by atoms with E-state index in [1.165, 1.54) is 0 Å². The molecule has 1 saturated heterocycles. The molecule has 122 valence electrons. The van der Waals surface area contributed by atoms with E-state index in [2.05, 4.69) is 15.3 Å². The second-order valence-electron chi connectivity index (χ2n) is 5.12. The third-order valence-electron chi connectivity index (χ3n) is 3.60.